The Morgan fingerprint density at radius 3 is 2.79 bits per heavy atom. The van der Waals surface area contributed by atoms with Crippen LogP contribution in [0.2, 0.25) is 5.02 Å². The molecule has 3 heterocycles. The second kappa shape index (κ2) is 8.13. The molecular weight excluding hydrogens is 436 g/mol. The number of nitrogens with zero attached hydrogens (tertiary/aromatic N) is 5. The number of nitrogen functional groups attached to an aromatic ring is 1. The van der Waals surface area contributed by atoms with Gasteiger partial charge < -0.3 is 11.1 Å². The summed E-state index contributed by atoms with van der Waals surface area (Å²) >= 11 is 7.45. The fourth-order valence-electron chi connectivity index (χ4n) is 2.69. The van der Waals surface area contributed by atoms with Crippen LogP contribution in [0, 0.1) is 24.1 Å². The summed E-state index contributed by atoms with van der Waals surface area (Å²) in [7, 11) is 0. The standard InChI is InChI=1S/C18H11ClFN7S.ClH/c1-8-24-12(22)5-13(25-8)26-17-16-15(11(20)7-23-17)27-18(28-16)14-9(6-21)3-2-4-10(14)19;/h2-5,7H,1H3,(H3,22,23,24,25,26);1H. The Morgan fingerprint density at radius 1 is 1.28 bits per heavy atom. The molecule has 0 atom stereocenters. The highest BCUT2D eigenvalue weighted by molar-refractivity contribution is 7.22. The van der Waals surface area contributed by atoms with Crippen LogP contribution in [0.5, 0.6) is 0 Å². The average Bonchev–Trinajstić information content (AvgIpc) is 3.09. The Balaban J connectivity index is 0.00000240. The fraction of sp³-hybridized carbons (Fsp3) is 0.0556. The fourth-order valence-corrected chi connectivity index (χ4v) is 4.10. The van der Waals surface area contributed by atoms with Crippen molar-refractivity contribution in [2.75, 3.05) is 11.1 Å². The summed E-state index contributed by atoms with van der Waals surface area (Å²) < 4.78 is 14.8. The van der Waals surface area contributed by atoms with Crippen LogP contribution in [-0.4, -0.2) is 19.9 Å². The van der Waals surface area contributed by atoms with Crippen LogP contribution in [-0.2, 0) is 0 Å². The average molecular weight is 448 g/mol. The lowest BCUT2D eigenvalue weighted by molar-refractivity contribution is 0.632. The van der Waals surface area contributed by atoms with Crippen molar-refractivity contribution in [1.29, 1.82) is 5.26 Å². The molecule has 4 rings (SSSR count). The van der Waals surface area contributed by atoms with Gasteiger partial charge in [0.25, 0.3) is 0 Å². The van der Waals surface area contributed by atoms with E-state index in [1.165, 1.54) is 11.3 Å². The number of nitrogens with two attached hydrogens (primary N) is 1. The first kappa shape index (κ1) is 20.7. The van der Waals surface area contributed by atoms with Gasteiger partial charge in [-0.15, -0.1) is 23.7 Å². The summed E-state index contributed by atoms with van der Waals surface area (Å²) in [5, 5.41) is 13.2. The summed E-state index contributed by atoms with van der Waals surface area (Å²) in [6.07, 6.45) is 1.07. The number of aryl methyl sites for hydroxylation is 1. The number of thiazole rings is 1. The number of nitrogens with one attached hydrogen (secondary N) is 1. The second-order valence-corrected chi connectivity index (χ2v) is 7.18. The first-order valence-corrected chi connectivity index (χ1v) is 9.18. The van der Waals surface area contributed by atoms with Gasteiger partial charge in [0.1, 0.15) is 32.7 Å². The molecule has 0 unspecified atom stereocenters. The molecule has 4 aromatic rings. The molecule has 0 saturated heterocycles. The highest BCUT2D eigenvalue weighted by Gasteiger charge is 2.19. The Kier molecular flexibility index (Phi) is 5.79. The van der Waals surface area contributed by atoms with Gasteiger partial charge in [0, 0.05) is 11.6 Å². The van der Waals surface area contributed by atoms with Crippen molar-refractivity contribution in [2.45, 2.75) is 6.92 Å². The monoisotopic (exact) mass is 447 g/mol. The SMILES string of the molecule is Cc1nc(N)cc(Nc2ncc(F)c3nc(-c4c(Cl)cccc4C#N)sc23)n1.Cl. The van der Waals surface area contributed by atoms with E-state index in [0.717, 1.165) is 6.20 Å². The minimum absolute atomic E-state index is 0. The lowest BCUT2D eigenvalue weighted by atomic mass is 10.1. The number of rotatable bonds is 3. The molecule has 0 bridgehead atoms. The van der Waals surface area contributed by atoms with Gasteiger partial charge >= 0.3 is 0 Å². The van der Waals surface area contributed by atoms with E-state index in [9.17, 15) is 9.65 Å². The normalized spacial score (nSPS) is 10.4. The lowest BCUT2D eigenvalue weighted by Crippen LogP contribution is -2.02. The summed E-state index contributed by atoms with van der Waals surface area (Å²) in [5.41, 5.74) is 6.69. The Bertz CT molecular complexity index is 1250. The zero-order chi connectivity index (χ0) is 19.8. The molecule has 3 N–H and O–H groups in total. The van der Waals surface area contributed by atoms with E-state index in [1.54, 1.807) is 31.2 Å². The molecule has 0 aliphatic carbocycles. The maximum Gasteiger partial charge on any atom is 0.168 e. The van der Waals surface area contributed by atoms with Crippen LogP contribution in [0.4, 0.5) is 21.8 Å². The van der Waals surface area contributed by atoms with Gasteiger partial charge in [0.05, 0.1) is 22.9 Å². The van der Waals surface area contributed by atoms with E-state index >= 15 is 0 Å². The molecule has 1 aromatic carbocycles. The summed E-state index contributed by atoms with van der Waals surface area (Å²) in [6, 6.07) is 8.60. The number of hydrogen-bond acceptors (Lipinski definition) is 8. The molecule has 7 nitrogen and oxygen atoms in total. The van der Waals surface area contributed by atoms with Crippen LogP contribution in [0.15, 0.2) is 30.5 Å². The van der Waals surface area contributed by atoms with Crippen molar-refractivity contribution in [3.8, 4) is 16.6 Å². The third-order valence-electron chi connectivity index (χ3n) is 3.83. The van der Waals surface area contributed by atoms with E-state index in [-0.39, 0.29) is 17.9 Å². The van der Waals surface area contributed by atoms with Crippen molar-refractivity contribution in [3.63, 3.8) is 0 Å². The smallest absolute Gasteiger partial charge is 0.168 e. The van der Waals surface area contributed by atoms with E-state index in [0.29, 0.717) is 49.1 Å². The number of pyridine rings is 1. The molecule has 0 spiro atoms. The predicted molar refractivity (Wildman–Crippen MR) is 114 cm³/mol. The molecule has 146 valence electrons. The number of halogens is 3. The highest BCUT2D eigenvalue weighted by atomic mass is 35.5. The molecule has 3 aromatic heterocycles. The highest BCUT2D eigenvalue weighted by Crippen LogP contribution is 2.39. The number of anilines is 3. The van der Waals surface area contributed by atoms with Gasteiger partial charge in [-0.1, -0.05) is 17.7 Å². The van der Waals surface area contributed by atoms with Gasteiger partial charge in [-0.05, 0) is 19.1 Å². The number of aromatic nitrogens is 4. The third kappa shape index (κ3) is 3.91. The van der Waals surface area contributed by atoms with E-state index in [1.807, 2.05) is 0 Å². The largest absolute Gasteiger partial charge is 0.384 e. The van der Waals surface area contributed by atoms with Gasteiger partial charge in [-0.25, -0.2) is 24.3 Å². The Hall–Kier alpha value is -3.06. The van der Waals surface area contributed by atoms with Gasteiger partial charge in [0.15, 0.2) is 11.6 Å². The van der Waals surface area contributed by atoms with Crippen LogP contribution in [0.25, 0.3) is 20.8 Å². The van der Waals surface area contributed by atoms with E-state index in [2.05, 4.69) is 31.3 Å². The van der Waals surface area contributed by atoms with Crippen LogP contribution in [0.1, 0.15) is 11.4 Å². The first-order chi connectivity index (χ1) is 13.5. The molecule has 0 saturated carbocycles. The zero-order valence-electron chi connectivity index (χ0n) is 14.8. The topological polar surface area (TPSA) is 113 Å². The molecule has 0 fully saturated rings. The van der Waals surface area contributed by atoms with E-state index in [4.69, 9.17) is 17.3 Å². The van der Waals surface area contributed by atoms with Gasteiger partial charge in [-0.3, -0.25) is 0 Å². The molecule has 11 heteroatoms. The van der Waals surface area contributed by atoms with Crippen LogP contribution < -0.4 is 11.1 Å². The summed E-state index contributed by atoms with van der Waals surface area (Å²) in [6.45, 7) is 1.71. The molecule has 0 amide bonds. The van der Waals surface area contributed by atoms with Gasteiger partial charge in [-0.2, -0.15) is 5.26 Å². The Labute approximate surface area is 179 Å². The maximum atomic E-state index is 14.4. The van der Waals surface area contributed by atoms with Crippen molar-refractivity contribution < 1.29 is 4.39 Å². The van der Waals surface area contributed by atoms with Gasteiger partial charge in [0.2, 0.25) is 0 Å². The van der Waals surface area contributed by atoms with Crippen LogP contribution in [0.3, 0.4) is 0 Å². The number of hydrogen-bond donors (Lipinski definition) is 2. The minimum atomic E-state index is -0.577. The lowest BCUT2D eigenvalue weighted by Gasteiger charge is -2.07. The predicted octanol–water partition coefficient (Wildman–Crippen LogP) is 4.87. The molecule has 0 aliphatic heterocycles. The van der Waals surface area contributed by atoms with Crippen molar-refractivity contribution in [3.05, 3.63) is 52.7 Å². The van der Waals surface area contributed by atoms with Crippen molar-refractivity contribution in [1.82, 2.24) is 19.9 Å². The van der Waals surface area contributed by atoms with E-state index < -0.39 is 5.82 Å². The number of fused-ring (bicyclic) bond motifs is 1. The van der Waals surface area contributed by atoms with Crippen LogP contribution >= 0.6 is 35.3 Å². The second-order valence-electron chi connectivity index (χ2n) is 5.78. The quantitative estimate of drug-likeness (QED) is 0.460. The minimum Gasteiger partial charge on any atom is -0.384 e. The maximum absolute atomic E-state index is 14.4. The first-order valence-electron chi connectivity index (χ1n) is 7.98. The third-order valence-corrected chi connectivity index (χ3v) is 5.22. The zero-order valence-corrected chi connectivity index (χ0v) is 17.2. The molecule has 0 aliphatic rings. The number of benzene rings is 1. The summed E-state index contributed by atoms with van der Waals surface area (Å²) in [5.74, 6) is 1.000. The molecule has 0 radical (unpaired) electrons. The summed E-state index contributed by atoms with van der Waals surface area (Å²) in [4.78, 5) is 16.7. The van der Waals surface area contributed by atoms with Crippen molar-refractivity contribution >= 4 is 63.0 Å². The Morgan fingerprint density at radius 2 is 2.07 bits per heavy atom. The molecular formula is C18H12Cl2FN7S. The number of nitriles is 1. The van der Waals surface area contributed by atoms with Crippen molar-refractivity contribution in [2.24, 2.45) is 0 Å². The molecule has 29 heavy (non-hydrogen) atoms.